The molecule has 1 unspecified atom stereocenters. The molecule has 5 nitrogen and oxygen atoms in total. The van der Waals surface area contributed by atoms with Crippen molar-refractivity contribution in [3.63, 3.8) is 0 Å². The van der Waals surface area contributed by atoms with Crippen LogP contribution >= 0.6 is 23.8 Å². The molecule has 1 aliphatic heterocycles. The Morgan fingerprint density at radius 2 is 1.93 bits per heavy atom. The van der Waals surface area contributed by atoms with Crippen LogP contribution in [0, 0.1) is 0 Å². The van der Waals surface area contributed by atoms with Crippen LogP contribution in [0.4, 0.5) is 5.69 Å². The van der Waals surface area contributed by atoms with Gasteiger partial charge in [-0.25, -0.2) is 0 Å². The van der Waals surface area contributed by atoms with E-state index < -0.39 is 6.04 Å². The molecule has 1 aliphatic rings. The molecule has 1 amide bonds. The highest BCUT2D eigenvalue weighted by atomic mass is 35.5. The lowest BCUT2D eigenvalue weighted by Crippen LogP contribution is -2.46. The van der Waals surface area contributed by atoms with E-state index >= 15 is 0 Å². The monoisotopic (exact) mass is 437 g/mol. The van der Waals surface area contributed by atoms with E-state index in [0.717, 1.165) is 16.3 Å². The molecule has 3 N–H and O–H groups in total. The van der Waals surface area contributed by atoms with Gasteiger partial charge in [-0.2, -0.15) is 0 Å². The lowest BCUT2D eigenvalue weighted by molar-refractivity contribution is -0.113. The first-order chi connectivity index (χ1) is 14.5. The maximum absolute atomic E-state index is 13.3. The summed E-state index contributed by atoms with van der Waals surface area (Å²) in [6.07, 6.45) is 0. The molecule has 7 heteroatoms. The largest absolute Gasteiger partial charge is 0.496 e. The predicted octanol–water partition coefficient (Wildman–Crippen LogP) is 4.93. The Bertz CT molecular complexity index is 1190. The first kappa shape index (κ1) is 20.2. The minimum Gasteiger partial charge on any atom is -0.496 e. The minimum absolute atomic E-state index is 0.253. The highest BCUT2D eigenvalue weighted by Gasteiger charge is 2.33. The molecule has 152 valence electrons. The zero-order chi connectivity index (χ0) is 21.3. The minimum atomic E-state index is -0.487. The van der Waals surface area contributed by atoms with Crippen LogP contribution in [0.2, 0.25) is 5.02 Å². The number of anilines is 1. The second-order valence-electron chi connectivity index (χ2n) is 6.94. The third kappa shape index (κ3) is 3.84. The molecule has 0 aliphatic carbocycles. The number of halogens is 1. The number of amides is 1. The first-order valence-electron chi connectivity index (χ1n) is 9.39. The summed E-state index contributed by atoms with van der Waals surface area (Å²) in [5.41, 5.74) is 2.68. The van der Waals surface area contributed by atoms with E-state index in [0.29, 0.717) is 32.8 Å². The highest BCUT2D eigenvalue weighted by Crippen LogP contribution is 2.38. The molecule has 30 heavy (non-hydrogen) atoms. The molecule has 0 fully saturated rings. The van der Waals surface area contributed by atoms with E-state index in [1.165, 1.54) is 0 Å². The summed E-state index contributed by atoms with van der Waals surface area (Å²) in [6, 6.07) is 18.5. The molecular weight excluding hydrogens is 418 g/mol. The molecule has 0 saturated heterocycles. The van der Waals surface area contributed by atoms with Crippen molar-refractivity contribution < 1.29 is 9.53 Å². The number of allylic oxidation sites excluding steroid dienone is 1. The van der Waals surface area contributed by atoms with E-state index in [1.54, 1.807) is 31.4 Å². The van der Waals surface area contributed by atoms with Gasteiger partial charge in [-0.05, 0) is 54.2 Å². The first-order valence-corrected chi connectivity index (χ1v) is 10.2. The van der Waals surface area contributed by atoms with Crippen LogP contribution in [-0.2, 0) is 4.79 Å². The average molecular weight is 438 g/mol. The Kier molecular flexibility index (Phi) is 5.61. The van der Waals surface area contributed by atoms with Gasteiger partial charge < -0.3 is 20.7 Å². The van der Waals surface area contributed by atoms with Gasteiger partial charge in [0, 0.05) is 22.0 Å². The summed E-state index contributed by atoms with van der Waals surface area (Å²) in [5, 5.41) is 12.3. The number of hydrogen-bond acceptors (Lipinski definition) is 3. The molecule has 4 rings (SSSR count). The Hall–Kier alpha value is -3.09. The van der Waals surface area contributed by atoms with Crippen molar-refractivity contribution in [3.8, 4) is 5.75 Å². The van der Waals surface area contributed by atoms with Crippen LogP contribution in [0.1, 0.15) is 18.5 Å². The van der Waals surface area contributed by atoms with Crippen LogP contribution in [0.25, 0.3) is 10.8 Å². The smallest absolute Gasteiger partial charge is 0.255 e. The maximum atomic E-state index is 13.3. The SMILES string of the molecule is COc1ccc2ccccc2c1C1NC(=S)NC(C)=C1C(=O)Nc1cccc(Cl)c1. The number of nitrogens with one attached hydrogen (secondary N) is 3. The lowest BCUT2D eigenvalue weighted by Gasteiger charge is -2.32. The van der Waals surface area contributed by atoms with Gasteiger partial charge in [-0.3, -0.25) is 4.79 Å². The van der Waals surface area contributed by atoms with Gasteiger partial charge in [0.25, 0.3) is 5.91 Å². The second kappa shape index (κ2) is 8.34. The maximum Gasteiger partial charge on any atom is 0.255 e. The Morgan fingerprint density at radius 1 is 1.13 bits per heavy atom. The number of carbonyl (C=O) groups excluding carboxylic acids is 1. The number of thiocarbonyl (C=S) groups is 1. The van der Waals surface area contributed by atoms with Crippen LogP contribution < -0.4 is 20.7 Å². The normalized spacial score (nSPS) is 16.1. The van der Waals surface area contributed by atoms with Gasteiger partial charge in [0.1, 0.15) is 5.75 Å². The third-order valence-corrected chi connectivity index (χ3v) is 5.49. The molecule has 0 radical (unpaired) electrons. The van der Waals surface area contributed by atoms with E-state index in [4.69, 9.17) is 28.6 Å². The summed E-state index contributed by atoms with van der Waals surface area (Å²) in [4.78, 5) is 13.3. The number of methoxy groups -OCH3 is 1. The summed E-state index contributed by atoms with van der Waals surface area (Å²) in [7, 11) is 1.62. The number of hydrogen-bond donors (Lipinski definition) is 3. The van der Waals surface area contributed by atoms with Crippen molar-refractivity contribution in [2.75, 3.05) is 12.4 Å². The standard InChI is InChI=1S/C23H20ClN3O2S/c1-13-19(22(28)26-16-8-5-7-15(24)12-16)21(27-23(30)25-13)20-17-9-4-3-6-14(17)10-11-18(20)29-2/h3-12,21H,1-2H3,(H,26,28)(H2,25,27,30). The van der Waals surface area contributed by atoms with E-state index in [2.05, 4.69) is 16.0 Å². The molecule has 0 aromatic heterocycles. The van der Waals surface area contributed by atoms with Crippen molar-refractivity contribution in [1.29, 1.82) is 0 Å². The van der Waals surface area contributed by atoms with Gasteiger partial charge >= 0.3 is 0 Å². The van der Waals surface area contributed by atoms with E-state index in [1.807, 2.05) is 43.3 Å². The lowest BCUT2D eigenvalue weighted by atomic mass is 9.90. The van der Waals surface area contributed by atoms with Gasteiger partial charge in [-0.15, -0.1) is 0 Å². The zero-order valence-electron chi connectivity index (χ0n) is 16.5. The fraction of sp³-hybridized carbons (Fsp3) is 0.130. The summed E-state index contributed by atoms with van der Waals surface area (Å²) in [5.74, 6) is 0.425. The average Bonchev–Trinajstić information content (AvgIpc) is 2.72. The van der Waals surface area contributed by atoms with Gasteiger partial charge in [-0.1, -0.05) is 48.0 Å². The fourth-order valence-electron chi connectivity index (χ4n) is 3.73. The Labute approximate surface area is 185 Å². The van der Waals surface area contributed by atoms with E-state index in [9.17, 15) is 4.79 Å². The molecule has 0 spiro atoms. The highest BCUT2D eigenvalue weighted by molar-refractivity contribution is 7.80. The Balaban J connectivity index is 1.84. The quantitative estimate of drug-likeness (QED) is 0.505. The van der Waals surface area contributed by atoms with Crippen LogP contribution in [-0.4, -0.2) is 18.1 Å². The topological polar surface area (TPSA) is 62.4 Å². The van der Waals surface area contributed by atoms with Crippen LogP contribution in [0.15, 0.2) is 71.9 Å². The summed E-state index contributed by atoms with van der Waals surface area (Å²) < 4.78 is 5.66. The van der Waals surface area contributed by atoms with Crippen molar-refractivity contribution in [3.05, 3.63) is 82.5 Å². The molecule has 0 saturated carbocycles. The van der Waals surface area contributed by atoms with Crippen LogP contribution in [0.5, 0.6) is 5.75 Å². The molecule has 1 atom stereocenters. The molecule has 0 bridgehead atoms. The zero-order valence-corrected chi connectivity index (χ0v) is 18.0. The number of fused-ring (bicyclic) bond motifs is 1. The Morgan fingerprint density at radius 3 is 2.70 bits per heavy atom. The van der Waals surface area contributed by atoms with Gasteiger partial charge in [0.15, 0.2) is 5.11 Å². The van der Waals surface area contributed by atoms with Crippen LogP contribution in [0.3, 0.4) is 0 Å². The predicted molar refractivity (Wildman–Crippen MR) is 125 cm³/mol. The van der Waals surface area contributed by atoms with Crippen molar-refractivity contribution in [2.24, 2.45) is 0 Å². The van der Waals surface area contributed by atoms with Gasteiger partial charge in [0.2, 0.25) is 0 Å². The molecular formula is C23H20ClN3O2S. The molecule has 1 heterocycles. The number of benzene rings is 3. The second-order valence-corrected chi connectivity index (χ2v) is 7.78. The number of carbonyl (C=O) groups is 1. The molecule has 3 aromatic carbocycles. The third-order valence-electron chi connectivity index (χ3n) is 5.04. The summed E-state index contributed by atoms with van der Waals surface area (Å²) in [6.45, 7) is 1.84. The number of ether oxygens (including phenoxy) is 1. The van der Waals surface area contributed by atoms with Gasteiger partial charge in [0.05, 0.1) is 18.7 Å². The van der Waals surface area contributed by atoms with Crippen molar-refractivity contribution in [1.82, 2.24) is 10.6 Å². The molecule has 3 aromatic rings. The number of rotatable bonds is 4. The van der Waals surface area contributed by atoms with E-state index in [-0.39, 0.29) is 5.91 Å². The summed E-state index contributed by atoms with van der Waals surface area (Å²) >= 11 is 11.5. The fourth-order valence-corrected chi connectivity index (χ4v) is 4.19. The van der Waals surface area contributed by atoms with Crippen molar-refractivity contribution in [2.45, 2.75) is 13.0 Å². The van der Waals surface area contributed by atoms with Crippen molar-refractivity contribution >= 4 is 51.3 Å².